The fourth-order valence-corrected chi connectivity index (χ4v) is 1.65. The lowest BCUT2D eigenvalue weighted by Crippen LogP contribution is -2.27. The van der Waals surface area contributed by atoms with E-state index in [1.54, 1.807) is 0 Å². The summed E-state index contributed by atoms with van der Waals surface area (Å²) in [6.45, 7) is 0. The molecule has 0 aliphatic heterocycles. The van der Waals surface area contributed by atoms with Crippen LogP contribution in [0.3, 0.4) is 0 Å². The highest BCUT2D eigenvalue weighted by Crippen LogP contribution is 2.20. The lowest BCUT2D eigenvalue weighted by atomic mass is 9.96. The first-order chi connectivity index (χ1) is 3.79. The van der Waals surface area contributed by atoms with E-state index in [1.807, 2.05) is 0 Å². The molecule has 1 saturated carbocycles. The van der Waals surface area contributed by atoms with Gasteiger partial charge in [-0.25, -0.2) is 0 Å². The molecule has 2 heteroatoms. The van der Waals surface area contributed by atoms with E-state index in [9.17, 15) is 0 Å². The Labute approximate surface area is 56.1 Å². The van der Waals surface area contributed by atoms with Gasteiger partial charge in [-0.05, 0) is 19.3 Å². The van der Waals surface area contributed by atoms with Crippen LogP contribution in [0, 0.1) is 0 Å². The van der Waals surface area contributed by atoms with Crippen LogP contribution in [0.2, 0.25) is 0 Å². The Morgan fingerprint density at radius 1 is 1.38 bits per heavy atom. The Balaban J connectivity index is 2.23. The SMILES string of the molecule is N[C@@H]1CCC[C@H](S)C1. The molecular formula is C6H13NS. The molecule has 0 saturated heterocycles. The normalized spacial score (nSPS) is 39.8. The molecule has 2 atom stereocenters. The van der Waals surface area contributed by atoms with E-state index in [0.717, 1.165) is 6.42 Å². The number of rotatable bonds is 0. The van der Waals surface area contributed by atoms with Crippen LogP contribution in [-0.4, -0.2) is 11.3 Å². The quantitative estimate of drug-likeness (QED) is 0.474. The average Bonchev–Trinajstić information content (AvgIpc) is 1.64. The molecule has 0 amide bonds. The van der Waals surface area contributed by atoms with Crippen molar-refractivity contribution in [1.82, 2.24) is 0 Å². The second kappa shape index (κ2) is 2.74. The van der Waals surface area contributed by atoms with Gasteiger partial charge >= 0.3 is 0 Å². The van der Waals surface area contributed by atoms with Crippen LogP contribution in [0.15, 0.2) is 0 Å². The van der Waals surface area contributed by atoms with Gasteiger partial charge in [-0.3, -0.25) is 0 Å². The van der Waals surface area contributed by atoms with Crippen LogP contribution in [0.25, 0.3) is 0 Å². The maximum atomic E-state index is 5.68. The number of hydrogen-bond donors (Lipinski definition) is 2. The standard InChI is InChI=1S/C6H13NS/c7-5-2-1-3-6(8)4-5/h5-6,8H,1-4,7H2/t5-,6+/m1/s1. The van der Waals surface area contributed by atoms with Crippen molar-refractivity contribution in [1.29, 1.82) is 0 Å². The van der Waals surface area contributed by atoms with Gasteiger partial charge in [0.25, 0.3) is 0 Å². The van der Waals surface area contributed by atoms with E-state index >= 15 is 0 Å². The molecule has 8 heavy (non-hydrogen) atoms. The predicted molar refractivity (Wildman–Crippen MR) is 39.2 cm³/mol. The van der Waals surface area contributed by atoms with Crippen LogP contribution in [-0.2, 0) is 0 Å². The van der Waals surface area contributed by atoms with Gasteiger partial charge in [0.1, 0.15) is 0 Å². The zero-order chi connectivity index (χ0) is 5.98. The van der Waals surface area contributed by atoms with Crippen LogP contribution < -0.4 is 5.73 Å². The maximum Gasteiger partial charge on any atom is 0.00492 e. The van der Waals surface area contributed by atoms with Gasteiger partial charge in [0.05, 0.1) is 0 Å². The molecule has 0 unspecified atom stereocenters. The fraction of sp³-hybridized carbons (Fsp3) is 1.00. The summed E-state index contributed by atoms with van der Waals surface area (Å²) >= 11 is 4.34. The van der Waals surface area contributed by atoms with Gasteiger partial charge in [0.15, 0.2) is 0 Å². The van der Waals surface area contributed by atoms with Gasteiger partial charge in [-0.15, -0.1) is 0 Å². The summed E-state index contributed by atoms with van der Waals surface area (Å²) in [6, 6.07) is 0.436. The first kappa shape index (κ1) is 6.43. The smallest absolute Gasteiger partial charge is 0.00492 e. The Hall–Kier alpha value is 0.310. The van der Waals surface area contributed by atoms with Crippen molar-refractivity contribution in [3.8, 4) is 0 Å². The monoisotopic (exact) mass is 131 g/mol. The second-order valence-corrected chi connectivity index (χ2v) is 3.31. The minimum atomic E-state index is 0.436. The summed E-state index contributed by atoms with van der Waals surface area (Å²) < 4.78 is 0. The molecule has 2 N–H and O–H groups in total. The average molecular weight is 131 g/mol. The third-order valence-electron chi connectivity index (χ3n) is 1.69. The van der Waals surface area contributed by atoms with Crippen molar-refractivity contribution in [2.75, 3.05) is 0 Å². The molecule has 0 aromatic carbocycles. The molecular weight excluding hydrogens is 118 g/mol. The minimum Gasteiger partial charge on any atom is -0.328 e. The summed E-state index contributed by atoms with van der Waals surface area (Å²) in [4.78, 5) is 0. The third kappa shape index (κ3) is 1.67. The Morgan fingerprint density at radius 2 is 2.12 bits per heavy atom. The van der Waals surface area contributed by atoms with Crippen molar-refractivity contribution in [3.05, 3.63) is 0 Å². The van der Waals surface area contributed by atoms with E-state index in [1.165, 1.54) is 19.3 Å². The molecule has 1 nitrogen and oxygen atoms in total. The Bertz CT molecular complexity index is 66.9. The van der Waals surface area contributed by atoms with E-state index in [4.69, 9.17) is 5.73 Å². The van der Waals surface area contributed by atoms with Crippen molar-refractivity contribution in [2.45, 2.75) is 37.0 Å². The van der Waals surface area contributed by atoms with Crippen LogP contribution in [0.4, 0.5) is 0 Å². The van der Waals surface area contributed by atoms with Gasteiger partial charge in [0.2, 0.25) is 0 Å². The molecule has 0 spiro atoms. The largest absolute Gasteiger partial charge is 0.328 e. The Kier molecular flexibility index (Phi) is 2.20. The summed E-state index contributed by atoms with van der Waals surface area (Å²) in [5.74, 6) is 0. The van der Waals surface area contributed by atoms with Crippen LogP contribution >= 0.6 is 12.6 Å². The van der Waals surface area contributed by atoms with Crippen molar-refractivity contribution in [2.24, 2.45) is 5.73 Å². The van der Waals surface area contributed by atoms with E-state index in [0.29, 0.717) is 11.3 Å². The van der Waals surface area contributed by atoms with Gasteiger partial charge in [-0.2, -0.15) is 12.6 Å². The summed E-state index contributed by atoms with van der Waals surface area (Å²) in [7, 11) is 0. The molecule has 0 aromatic rings. The van der Waals surface area contributed by atoms with Crippen molar-refractivity contribution >= 4 is 12.6 Å². The first-order valence-electron chi connectivity index (χ1n) is 3.22. The molecule has 0 aromatic heterocycles. The highest BCUT2D eigenvalue weighted by Gasteiger charge is 2.14. The van der Waals surface area contributed by atoms with E-state index in [-0.39, 0.29) is 0 Å². The molecule has 1 rings (SSSR count). The molecule has 48 valence electrons. The van der Waals surface area contributed by atoms with Crippen LogP contribution in [0.1, 0.15) is 25.7 Å². The molecule has 1 aliphatic rings. The Morgan fingerprint density at radius 3 is 2.50 bits per heavy atom. The second-order valence-electron chi connectivity index (χ2n) is 2.58. The topological polar surface area (TPSA) is 26.0 Å². The first-order valence-corrected chi connectivity index (χ1v) is 3.74. The highest BCUT2D eigenvalue weighted by molar-refractivity contribution is 7.80. The van der Waals surface area contributed by atoms with Gasteiger partial charge in [-0.1, -0.05) is 6.42 Å². The van der Waals surface area contributed by atoms with Crippen LogP contribution in [0.5, 0.6) is 0 Å². The number of thiol groups is 1. The molecule has 0 radical (unpaired) electrons. The van der Waals surface area contributed by atoms with Crippen molar-refractivity contribution < 1.29 is 0 Å². The summed E-state index contributed by atoms with van der Waals surface area (Å²) in [5.41, 5.74) is 5.68. The lowest BCUT2D eigenvalue weighted by Gasteiger charge is -2.22. The highest BCUT2D eigenvalue weighted by atomic mass is 32.1. The zero-order valence-corrected chi connectivity index (χ0v) is 5.90. The number of hydrogen-bond acceptors (Lipinski definition) is 2. The lowest BCUT2D eigenvalue weighted by molar-refractivity contribution is 0.453. The predicted octanol–water partition coefficient (Wildman–Crippen LogP) is 1.19. The zero-order valence-electron chi connectivity index (χ0n) is 5.01. The van der Waals surface area contributed by atoms with Crippen molar-refractivity contribution in [3.63, 3.8) is 0 Å². The molecule has 0 bridgehead atoms. The summed E-state index contributed by atoms with van der Waals surface area (Å²) in [5, 5.41) is 0.582. The van der Waals surface area contributed by atoms with Gasteiger partial charge < -0.3 is 5.73 Å². The van der Waals surface area contributed by atoms with E-state index < -0.39 is 0 Å². The maximum absolute atomic E-state index is 5.68. The van der Waals surface area contributed by atoms with Gasteiger partial charge in [0, 0.05) is 11.3 Å². The molecule has 0 heterocycles. The third-order valence-corrected chi connectivity index (χ3v) is 2.16. The molecule has 1 fully saturated rings. The minimum absolute atomic E-state index is 0.436. The summed E-state index contributed by atoms with van der Waals surface area (Å²) in [6.07, 6.45) is 4.85. The fourth-order valence-electron chi connectivity index (χ4n) is 1.20. The molecule has 1 aliphatic carbocycles. The van der Waals surface area contributed by atoms with E-state index in [2.05, 4.69) is 12.6 Å². The number of nitrogens with two attached hydrogens (primary N) is 1.